The number of ether oxygens (including phenoxy) is 2. The number of nitrogens with two attached hydrogens (primary N) is 1. The van der Waals surface area contributed by atoms with Gasteiger partial charge in [0.1, 0.15) is 5.54 Å². The van der Waals surface area contributed by atoms with E-state index in [0.29, 0.717) is 5.92 Å². The summed E-state index contributed by atoms with van der Waals surface area (Å²) in [6, 6.07) is 0.114. The highest BCUT2D eigenvalue weighted by Gasteiger charge is 2.71. The molecule has 5 nitrogen and oxygen atoms in total. The normalized spacial score (nSPS) is 43.7. The van der Waals surface area contributed by atoms with Crippen molar-refractivity contribution in [1.29, 1.82) is 0 Å². The Morgan fingerprint density at radius 2 is 2.10 bits per heavy atom. The molecule has 3 rings (SSSR count). The third-order valence-electron chi connectivity index (χ3n) is 5.86. The van der Waals surface area contributed by atoms with Crippen LogP contribution >= 0.6 is 0 Å². The second-order valence-electron chi connectivity index (χ2n) is 7.16. The van der Waals surface area contributed by atoms with Gasteiger partial charge in [-0.1, -0.05) is 13.8 Å². The van der Waals surface area contributed by atoms with Crippen molar-refractivity contribution in [2.24, 2.45) is 23.0 Å². The topological polar surface area (TPSA) is 73.6 Å². The molecule has 0 aromatic heterocycles. The molecule has 1 saturated carbocycles. The highest BCUT2D eigenvalue weighted by Crippen LogP contribution is 2.58. The SMILES string of the molecule is CC(NC(=O)C1(N)C2CCOC2C1(C)C)C1CCOC1. The zero-order valence-corrected chi connectivity index (χ0v) is 12.6. The maximum absolute atomic E-state index is 12.7. The van der Waals surface area contributed by atoms with E-state index in [9.17, 15) is 4.79 Å². The Morgan fingerprint density at radius 1 is 1.35 bits per heavy atom. The summed E-state index contributed by atoms with van der Waals surface area (Å²) < 4.78 is 11.1. The molecule has 3 aliphatic rings. The molecule has 1 aliphatic carbocycles. The van der Waals surface area contributed by atoms with E-state index in [0.717, 1.165) is 32.7 Å². The molecule has 0 bridgehead atoms. The Morgan fingerprint density at radius 3 is 2.75 bits per heavy atom. The van der Waals surface area contributed by atoms with E-state index < -0.39 is 5.54 Å². The van der Waals surface area contributed by atoms with Gasteiger partial charge < -0.3 is 20.5 Å². The molecule has 2 heterocycles. The minimum atomic E-state index is -0.804. The van der Waals surface area contributed by atoms with E-state index >= 15 is 0 Å². The number of fused-ring (bicyclic) bond motifs is 1. The van der Waals surface area contributed by atoms with Crippen molar-refractivity contribution in [3.8, 4) is 0 Å². The molecule has 0 aromatic carbocycles. The molecule has 114 valence electrons. The molecule has 0 radical (unpaired) electrons. The van der Waals surface area contributed by atoms with Crippen molar-refractivity contribution >= 4 is 5.91 Å². The third-order valence-corrected chi connectivity index (χ3v) is 5.86. The molecule has 5 heteroatoms. The van der Waals surface area contributed by atoms with Crippen LogP contribution in [0, 0.1) is 17.3 Å². The first-order valence-electron chi connectivity index (χ1n) is 7.68. The number of nitrogens with one attached hydrogen (secondary N) is 1. The van der Waals surface area contributed by atoms with E-state index in [1.807, 2.05) is 13.8 Å². The fraction of sp³-hybridized carbons (Fsp3) is 0.933. The zero-order chi connectivity index (χ0) is 14.5. The third kappa shape index (κ3) is 1.76. The van der Waals surface area contributed by atoms with E-state index in [4.69, 9.17) is 15.2 Å². The van der Waals surface area contributed by atoms with Crippen molar-refractivity contribution in [2.45, 2.75) is 51.3 Å². The standard InChI is InChI=1S/C15H26N2O3/c1-9(10-4-6-19-8-10)17-13(18)15(16)11-5-7-20-12(11)14(15,2)3/h9-12H,4-8,16H2,1-3H3,(H,17,18). The quantitative estimate of drug-likeness (QED) is 0.798. The van der Waals surface area contributed by atoms with Gasteiger partial charge in [0.05, 0.1) is 12.7 Å². The maximum Gasteiger partial charge on any atom is 0.241 e. The molecule has 3 fully saturated rings. The average molecular weight is 282 g/mol. The van der Waals surface area contributed by atoms with Crippen LogP contribution in [-0.4, -0.2) is 43.4 Å². The molecular weight excluding hydrogens is 256 g/mol. The first-order valence-corrected chi connectivity index (χ1v) is 7.68. The number of hydrogen-bond acceptors (Lipinski definition) is 4. The second-order valence-corrected chi connectivity index (χ2v) is 7.16. The van der Waals surface area contributed by atoms with Crippen LogP contribution in [0.15, 0.2) is 0 Å². The summed E-state index contributed by atoms with van der Waals surface area (Å²) >= 11 is 0. The smallest absolute Gasteiger partial charge is 0.241 e. The Hall–Kier alpha value is -0.650. The highest BCUT2D eigenvalue weighted by atomic mass is 16.5. The van der Waals surface area contributed by atoms with Crippen LogP contribution in [0.4, 0.5) is 0 Å². The lowest BCUT2D eigenvalue weighted by Crippen LogP contribution is -2.80. The van der Waals surface area contributed by atoms with E-state index in [1.54, 1.807) is 0 Å². The zero-order valence-electron chi connectivity index (χ0n) is 12.6. The fourth-order valence-corrected chi connectivity index (χ4v) is 4.24. The molecule has 0 spiro atoms. The predicted molar refractivity (Wildman–Crippen MR) is 75.1 cm³/mol. The number of carbonyl (C=O) groups excluding carboxylic acids is 1. The van der Waals surface area contributed by atoms with Crippen LogP contribution in [-0.2, 0) is 14.3 Å². The largest absolute Gasteiger partial charge is 0.381 e. The lowest BCUT2D eigenvalue weighted by molar-refractivity contribution is -0.176. The van der Waals surface area contributed by atoms with E-state index in [-0.39, 0.29) is 29.4 Å². The van der Waals surface area contributed by atoms with Crippen molar-refractivity contribution in [1.82, 2.24) is 5.32 Å². The summed E-state index contributed by atoms with van der Waals surface area (Å²) in [5.74, 6) is 0.541. The molecule has 2 saturated heterocycles. The number of hydrogen-bond donors (Lipinski definition) is 2. The van der Waals surface area contributed by atoms with Crippen molar-refractivity contribution in [3.63, 3.8) is 0 Å². The Bertz CT molecular complexity index is 406. The van der Waals surface area contributed by atoms with Gasteiger partial charge in [0, 0.05) is 36.5 Å². The van der Waals surface area contributed by atoms with Gasteiger partial charge in [-0.3, -0.25) is 4.79 Å². The van der Waals surface area contributed by atoms with Crippen LogP contribution in [0.25, 0.3) is 0 Å². The summed E-state index contributed by atoms with van der Waals surface area (Å²) in [5.41, 5.74) is 5.43. The van der Waals surface area contributed by atoms with Gasteiger partial charge in [-0.05, 0) is 19.8 Å². The molecule has 2 aliphatic heterocycles. The van der Waals surface area contributed by atoms with Gasteiger partial charge in [0.25, 0.3) is 0 Å². The lowest BCUT2D eigenvalue weighted by Gasteiger charge is -2.60. The Labute approximate surface area is 120 Å². The summed E-state index contributed by atoms with van der Waals surface area (Å²) in [6.45, 7) is 8.39. The minimum absolute atomic E-state index is 0.0198. The van der Waals surface area contributed by atoms with Crippen molar-refractivity contribution < 1.29 is 14.3 Å². The average Bonchev–Trinajstić information content (AvgIpc) is 3.07. The van der Waals surface area contributed by atoms with Gasteiger partial charge in [-0.2, -0.15) is 0 Å². The van der Waals surface area contributed by atoms with Crippen molar-refractivity contribution in [2.75, 3.05) is 19.8 Å². The number of rotatable bonds is 3. The van der Waals surface area contributed by atoms with Crippen LogP contribution < -0.4 is 11.1 Å². The Balaban J connectivity index is 1.69. The monoisotopic (exact) mass is 282 g/mol. The second kappa shape index (κ2) is 4.68. The number of carbonyl (C=O) groups is 1. The molecule has 5 unspecified atom stereocenters. The van der Waals surface area contributed by atoms with Gasteiger partial charge in [0.2, 0.25) is 5.91 Å². The van der Waals surface area contributed by atoms with Gasteiger partial charge in [0.15, 0.2) is 0 Å². The molecule has 20 heavy (non-hydrogen) atoms. The van der Waals surface area contributed by atoms with Crippen LogP contribution in [0.3, 0.4) is 0 Å². The minimum Gasteiger partial charge on any atom is -0.381 e. The Kier molecular flexibility index (Phi) is 3.35. The maximum atomic E-state index is 12.7. The predicted octanol–water partition coefficient (Wildman–Crippen LogP) is 0.670. The highest BCUT2D eigenvalue weighted by molar-refractivity contribution is 5.89. The molecule has 5 atom stereocenters. The van der Waals surface area contributed by atoms with Gasteiger partial charge in [-0.25, -0.2) is 0 Å². The first-order chi connectivity index (χ1) is 9.39. The van der Waals surface area contributed by atoms with Gasteiger partial charge in [-0.15, -0.1) is 0 Å². The van der Waals surface area contributed by atoms with E-state index in [1.165, 1.54) is 0 Å². The first kappa shape index (κ1) is 14.3. The van der Waals surface area contributed by atoms with Crippen molar-refractivity contribution in [3.05, 3.63) is 0 Å². The van der Waals surface area contributed by atoms with E-state index in [2.05, 4.69) is 12.2 Å². The van der Waals surface area contributed by atoms with Crippen LogP contribution in [0.2, 0.25) is 0 Å². The van der Waals surface area contributed by atoms with Crippen LogP contribution in [0.1, 0.15) is 33.6 Å². The molecule has 3 N–H and O–H groups in total. The number of amides is 1. The molecule has 1 amide bonds. The summed E-state index contributed by atoms with van der Waals surface area (Å²) in [6.07, 6.45) is 2.03. The van der Waals surface area contributed by atoms with Crippen LogP contribution in [0.5, 0.6) is 0 Å². The summed E-state index contributed by atoms with van der Waals surface area (Å²) in [4.78, 5) is 12.7. The van der Waals surface area contributed by atoms with Gasteiger partial charge >= 0.3 is 0 Å². The summed E-state index contributed by atoms with van der Waals surface area (Å²) in [7, 11) is 0. The molecule has 0 aromatic rings. The fourth-order valence-electron chi connectivity index (χ4n) is 4.24. The lowest BCUT2D eigenvalue weighted by atomic mass is 9.48. The summed E-state index contributed by atoms with van der Waals surface area (Å²) in [5, 5.41) is 3.13. The molecular formula is C15H26N2O3.